The quantitative estimate of drug-likeness (QED) is 0.893. The Hall–Kier alpha value is -1.32. The highest BCUT2D eigenvalue weighted by Gasteiger charge is 2.51. The first-order chi connectivity index (χ1) is 11.6. The van der Waals surface area contributed by atoms with Crippen molar-refractivity contribution in [3.8, 4) is 0 Å². The number of hydrogen-bond acceptors (Lipinski definition) is 2. The summed E-state index contributed by atoms with van der Waals surface area (Å²) in [5.41, 5.74) is 2.61. The van der Waals surface area contributed by atoms with Crippen molar-refractivity contribution in [2.24, 2.45) is 23.2 Å². The van der Waals surface area contributed by atoms with Crippen LogP contribution < -0.4 is 0 Å². The number of amides is 1. The van der Waals surface area contributed by atoms with Crippen LogP contribution in [0.15, 0.2) is 6.07 Å². The molecule has 5 aliphatic rings. The summed E-state index contributed by atoms with van der Waals surface area (Å²) in [6, 6.07) is 2.16. The van der Waals surface area contributed by atoms with E-state index < -0.39 is 0 Å². The molecule has 24 heavy (non-hydrogen) atoms. The molecule has 0 saturated heterocycles. The lowest BCUT2D eigenvalue weighted by Gasteiger charge is -2.56. The first-order valence-corrected chi connectivity index (χ1v) is 9.87. The van der Waals surface area contributed by atoms with Crippen LogP contribution in [-0.4, -0.2) is 28.1 Å². The zero-order valence-corrected chi connectivity index (χ0v) is 14.8. The molecule has 5 saturated carbocycles. The molecule has 4 bridgehead atoms. The smallest absolute Gasteiger partial charge is 0.223 e. The molecule has 5 fully saturated rings. The molecule has 4 nitrogen and oxygen atoms in total. The van der Waals surface area contributed by atoms with E-state index in [-0.39, 0.29) is 0 Å². The van der Waals surface area contributed by atoms with Crippen LogP contribution in [0, 0.1) is 23.2 Å². The fourth-order valence-electron chi connectivity index (χ4n) is 6.35. The summed E-state index contributed by atoms with van der Waals surface area (Å²) in [4.78, 5) is 14.8. The summed E-state index contributed by atoms with van der Waals surface area (Å²) in [6.45, 7) is 0.672. The zero-order chi connectivity index (χ0) is 16.3. The molecular formula is C20H29N3O. The molecule has 6 rings (SSSR count). The molecular weight excluding hydrogens is 298 g/mol. The molecule has 1 N–H and O–H groups in total. The molecule has 5 aliphatic carbocycles. The SMILES string of the molecule is CN(Cc1cc(C2CC2)n[nH]1)C(=O)CC12CC3CC(CC(C3)C1)C2. The van der Waals surface area contributed by atoms with Gasteiger partial charge in [-0.15, -0.1) is 0 Å². The van der Waals surface area contributed by atoms with E-state index >= 15 is 0 Å². The molecule has 4 heteroatoms. The minimum Gasteiger partial charge on any atom is -0.340 e. The second-order valence-electron chi connectivity index (χ2n) is 9.44. The largest absolute Gasteiger partial charge is 0.340 e. The third-order valence-corrected chi connectivity index (χ3v) is 7.17. The Bertz CT molecular complexity index is 610. The Morgan fingerprint density at radius 2 is 1.83 bits per heavy atom. The Labute approximate surface area is 144 Å². The lowest BCUT2D eigenvalue weighted by atomic mass is 9.49. The van der Waals surface area contributed by atoms with E-state index in [9.17, 15) is 4.79 Å². The molecule has 1 aromatic heterocycles. The highest BCUT2D eigenvalue weighted by Crippen LogP contribution is 2.61. The minimum absolute atomic E-state index is 0.333. The van der Waals surface area contributed by atoms with Crippen molar-refractivity contribution in [1.29, 1.82) is 0 Å². The van der Waals surface area contributed by atoms with E-state index in [0.717, 1.165) is 29.9 Å². The Balaban J connectivity index is 1.23. The number of rotatable bonds is 5. The van der Waals surface area contributed by atoms with E-state index in [4.69, 9.17) is 0 Å². The van der Waals surface area contributed by atoms with E-state index in [0.29, 0.717) is 23.8 Å². The molecule has 0 radical (unpaired) electrons. The predicted octanol–water partition coefficient (Wildman–Crippen LogP) is 3.85. The van der Waals surface area contributed by atoms with E-state index in [1.165, 1.54) is 57.1 Å². The highest BCUT2D eigenvalue weighted by atomic mass is 16.2. The molecule has 0 atom stereocenters. The zero-order valence-electron chi connectivity index (χ0n) is 14.8. The van der Waals surface area contributed by atoms with Gasteiger partial charge in [0.2, 0.25) is 5.91 Å². The lowest BCUT2D eigenvalue weighted by molar-refractivity contribution is -0.138. The van der Waals surface area contributed by atoms with Crippen molar-refractivity contribution in [1.82, 2.24) is 15.1 Å². The molecule has 130 valence electrons. The summed E-state index contributed by atoms with van der Waals surface area (Å²) >= 11 is 0. The maximum Gasteiger partial charge on any atom is 0.223 e. The number of H-pyrrole nitrogens is 1. The van der Waals surface area contributed by atoms with Gasteiger partial charge in [0.25, 0.3) is 0 Å². The summed E-state index contributed by atoms with van der Waals surface area (Å²) in [7, 11) is 1.96. The topological polar surface area (TPSA) is 49.0 Å². The summed E-state index contributed by atoms with van der Waals surface area (Å²) < 4.78 is 0. The van der Waals surface area contributed by atoms with Gasteiger partial charge >= 0.3 is 0 Å². The van der Waals surface area contributed by atoms with Crippen molar-refractivity contribution >= 4 is 5.91 Å². The third kappa shape index (κ3) is 2.68. The average molecular weight is 327 g/mol. The standard InChI is InChI=1S/C20H29N3O/c1-23(12-17-7-18(22-21-17)16-2-3-16)19(24)11-20-8-13-4-14(9-20)6-15(5-13)10-20/h7,13-16H,2-6,8-12H2,1H3,(H,21,22). The number of carbonyl (C=O) groups excluding carboxylic acids is 1. The number of aromatic amines is 1. The van der Waals surface area contributed by atoms with Gasteiger partial charge in [0, 0.05) is 19.4 Å². The molecule has 1 aromatic rings. The fourth-order valence-corrected chi connectivity index (χ4v) is 6.35. The molecule has 0 unspecified atom stereocenters. The molecule has 0 aromatic carbocycles. The molecule has 1 heterocycles. The second-order valence-corrected chi connectivity index (χ2v) is 9.44. The first kappa shape index (κ1) is 15.0. The van der Waals surface area contributed by atoms with Gasteiger partial charge in [-0.25, -0.2) is 0 Å². The van der Waals surface area contributed by atoms with Gasteiger partial charge in [-0.05, 0) is 80.6 Å². The Morgan fingerprint density at radius 1 is 1.21 bits per heavy atom. The van der Waals surface area contributed by atoms with Gasteiger partial charge in [-0.3, -0.25) is 9.89 Å². The van der Waals surface area contributed by atoms with Crippen LogP contribution in [0.3, 0.4) is 0 Å². The van der Waals surface area contributed by atoms with Crippen molar-refractivity contribution in [3.05, 3.63) is 17.5 Å². The molecule has 0 spiro atoms. The van der Waals surface area contributed by atoms with Crippen LogP contribution in [0.4, 0.5) is 0 Å². The normalized spacial score (nSPS) is 37.0. The van der Waals surface area contributed by atoms with Gasteiger partial charge in [0.15, 0.2) is 0 Å². The maximum absolute atomic E-state index is 12.9. The van der Waals surface area contributed by atoms with Crippen LogP contribution in [0.25, 0.3) is 0 Å². The summed E-state index contributed by atoms with van der Waals surface area (Å²) in [6.07, 6.45) is 11.6. The second kappa shape index (κ2) is 5.34. The van der Waals surface area contributed by atoms with Gasteiger partial charge in [-0.1, -0.05) is 0 Å². The number of nitrogens with zero attached hydrogens (tertiary/aromatic N) is 2. The third-order valence-electron chi connectivity index (χ3n) is 7.17. The van der Waals surface area contributed by atoms with Crippen LogP contribution in [0.2, 0.25) is 0 Å². The molecule has 0 aliphatic heterocycles. The number of carbonyl (C=O) groups is 1. The van der Waals surface area contributed by atoms with Crippen molar-refractivity contribution in [3.63, 3.8) is 0 Å². The van der Waals surface area contributed by atoms with Crippen LogP contribution >= 0.6 is 0 Å². The van der Waals surface area contributed by atoms with Crippen molar-refractivity contribution < 1.29 is 4.79 Å². The van der Waals surface area contributed by atoms with Crippen LogP contribution in [-0.2, 0) is 11.3 Å². The van der Waals surface area contributed by atoms with E-state index in [2.05, 4.69) is 16.3 Å². The van der Waals surface area contributed by atoms with Crippen LogP contribution in [0.1, 0.15) is 75.1 Å². The van der Waals surface area contributed by atoms with E-state index in [1.807, 2.05) is 11.9 Å². The highest BCUT2D eigenvalue weighted by molar-refractivity contribution is 5.76. The van der Waals surface area contributed by atoms with Gasteiger partial charge < -0.3 is 4.90 Å². The summed E-state index contributed by atoms with van der Waals surface area (Å²) in [5.74, 6) is 3.76. The van der Waals surface area contributed by atoms with Crippen LogP contribution in [0.5, 0.6) is 0 Å². The number of nitrogens with one attached hydrogen (secondary N) is 1. The summed E-state index contributed by atoms with van der Waals surface area (Å²) in [5, 5.41) is 7.54. The Kier molecular flexibility index (Phi) is 3.33. The molecule has 1 amide bonds. The van der Waals surface area contributed by atoms with Crippen molar-refractivity contribution in [2.75, 3.05) is 7.05 Å². The fraction of sp³-hybridized carbons (Fsp3) is 0.800. The first-order valence-electron chi connectivity index (χ1n) is 9.87. The van der Waals surface area contributed by atoms with Gasteiger partial charge in [-0.2, -0.15) is 5.10 Å². The number of hydrogen-bond donors (Lipinski definition) is 1. The monoisotopic (exact) mass is 327 g/mol. The lowest BCUT2D eigenvalue weighted by Crippen LogP contribution is -2.48. The van der Waals surface area contributed by atoms with Gasteiger partial charge in [0.05, 0.1) is 17.9 Å². The van der Waals surface area contributed by atoms with Gasteiger partial charge in [0.1, 0.15) is 0 Å². The average Bonchev–Trinajstić information content (AvgIpc) is 3.25. The predicted molar refractivity (Wildman–Crippen MR) is 92.3 cm³/mol. The minimum atomic E-state index is 0.333. The van der Waals surface area contributed by atoms with E-state index in [1.54, 1.807) is 0 Å². The Morgan fingerprint density at radius 3 is 2.42 bits per heavy atom. The number of aromatic nitrogens is 2. The van der Waals surface area contributed by atoms with Crippen molar-refractivity contribution in [2.45, 2.75) is 70.3 Å². The maximum atomic E-state index is 12.9.